The van der Waals surface area contributed by atoms with Crippen LogP contribution in [0.1, 0.15) is 15.9 Å². The fraction of sp³-hybridized carbons (Fsp3) is 0. The van der Waals surface area contributed by atoms with E-state index in [1.54, 1.807) is 18.2 Å². The van der Waals surface area contributed by atoms with Crippen LogP contribution in [0, 0.1) is 0 Å². The molecular weight excluding hydrogens is 289 g/mol. The third-order valence-electron chi connectivity index (χ3n) is 2.11. The highest BCUT2D eigenvalue weighted by Gasteiger charge is 2.11. The number of benzene rings is 1. The molecule has 0 radical (unpaired) electrons. The molecule has 0 saturated heterocycles. The summed E-state index contributed by atoms with van der Waals surface area (Å²) in [6, 6.07) is 10.5. The molecule has 0 fully saturated rings. The van der Waals surface area contributed by atoms with Gasteiger partial charge in [-0.15, -0.1) is 0 Å². The molecule has 0 amide bonds. The first-order valence-electron chi connectivity index (χ1n) is 4.59. The zero-order chi connectivity index (χ0) is 11.5. The number of hydrogen-bond donors (Lipinski definition) is 0. The molecule has 0 saturated carbocycles. The number of rotatable bonds is 2. The van der Waals surface area contributed by atoms with Gasteiger partial charge in [0.15, 0.2) is 5.78 Å². The minimum atomic E-state index is -0.0726. The zero-order valence-electron chi connectivity index (χ0n) is 8.15. The summed E-state index contributed by atoms with van der Waals surface area (Å²) in [5.41, 5.74) is 1.14. The molecule has 0 atom stereocenters. The predicted octanol–water partition coefficient (Wildman–Crippen LogP) is 3.73. The number of aromatic nitrogens is 1. The summed E-state index contributed by atoms with van der Waals surface area (Å²) in [5, 5.41) is 0.378. The maximum Gasteiger partial charge on any atom is 0.195 e. The van der Waals surface area contributed by atoms with E-state index in [0.29, 0.717) is 16.3 Å². The lowest BCUT2D eigenvalue weighted by Gasteiger charge is -2.02. The van der Waals surface area contributed by atoms with E-state index in [2.05, 4.69) is 20.9 Å². The minimum absolute atomic E-state index is 0.0726. The molecule has 0 N–H and O–H groups in total. The Morgan fingerprint density at radius 2 is 1.94 bits per heavy atom. The largest absolute Gasteiger partial charge is 0.289 e. The van der Waals surface area contributed by atoms with Crippen LogP contribution in [0.4, 0.5) is 0 Å². The Hall–Kier alpha value is -1.19. The van der Waals surface area contributed by atoms with Gasteiger partial charge in [0.2, 0.25) is 0 Å². The van der Waals surface area contributed by atoms with Crippen molar-refractivity contribution in [3.05, 3.63) is 63.3 Å². The van der Waals surface area contributed by atoms with E-state index in [0.717, 1.165) is 4.47 Å². The average molecular weight is 297 g/mol. The van der Waals surface area contributed by atoms with Crippen LogP contribution in [-0.2, 0) is 0 Å². The minimum Gasteiger partial charge on any atom is -0.289 e. The summed E-state index contributed by atoms with van der Waals surface area (Å²) in [7, 11) is 0. The second-order valence-corrected chi connectivity index (χ2v) is 4.42. The van der Waals surface area contributed by atoms with E-state index >= 15 is 0 Å². The highest BCUT2D eigenvalue weighted by Crippen LogP contribution is 2.19. The van der Waals surface area contributed by atoms with Gasteiger partial charge in [-0.05, 0) is 24.3 Å². The summed E-state index contributed by atoms with van der Waals surface area (Å²) in [6.45, 7) is 0. The number of ketones is 1. The molecule has 0 bridgehead atoms. The molecule has 80 valence electrons. The van der Waals surface area contributed by atoms with Crippen molar-refractivity contribution in [3.63, 3.8) is 0 Å². The number of carbonyl (C=O) groups excluding carboxylic acids is 1. The molecule has 1 heterocycles. The molecular formula is C12H7BrClNO. The van der Waals surface area contributed by atoms with E-state index in [9.17, 15) is 4.79 Å². The number of carbonyl (C=O) groups is 1. The van der Waals surface area contributed by atoms with Gasteiger partial charge in [0.1, 0.15) is 5.15 Å². The van der Waals surface area contributed by atoms with Crippen LogP contribution in [0.5, 0.6) is 0 Å². The summed E-state index contributed by atoms with van der Waals surface area (Å²) in [6.07, 6.45) is 1.48. The molecule has 4 heteroatoms. The summed E-state index contributed by atoms with van der Waals surface area (Å²) >= 11 is 9.00. The normalized spacial score (nSPS) is 10.1. The van der Waals surface area contributed by atoms with Crippen molar-refractivity contribution >= 4 is 33.3 Å². The first-order valence-corrected chi connectivity index (χ1v) is 5.76. The standard InChI is InChI=1S/C12H7BrClNO/c13-10-4-2-1-3-9(10)12(16)8-5-6-11(14)15-7-8/h1-7H. The molecule has 2 nitrogen and oxygen atoms in total. The SMILES string of the molecule is O=C(c1ccc(Cl)nc1)c1ccccc1Br. The van der Waals surface area contributed by atoms with Crippen molar-refractivity contribution in [1.29, 1.82) is 0 Å². The number of nitrogens with zero attached hydrogens (tertiary/aromatic N) is 1. The first-order chi connectivity index (χ1) is 7.68. The Balaban J connectivity index is 2.40. The Bertz CT molecular complexity index is 525. The van der Waals surface area contributed by atoms with Gasteiger partial charge in [-0.2, -0.15) is 0 Å². The van der Waals surface area contributed by atoms with Gasteiger partial charge in [-0.3, -0.25) is 4.79 Å². The number of pyridine rings is 1. The van der Waals surface area contributed by atoms with Gasteiger partial charge in [-0.25, -0.2) is 4.98 Å². The second kappa shape index (κ2) is 4.76. The lowest BCUT2D eigenvalue weighted by Crippen LogP contribution is -2.02. The Morgan fingerprint density at radius 3 is 2.56 bits per heavy atom. The van der Waals surface area contributed by atoms with Crippen molar-refractivity contribution in [2.75, 3.05) is 0 Å². The van der Waals surface area contributed by atoms with Gasteiger partial charge in [0.25, 0.3) is 0 Å². The predicted molar refractivity (Wildman–Crippen MR) is 66.8 cm³/mol. The molecule has 0 aliphatic rings. The van der Waals surface area contributed by atoms with Crippen molar-refractivity contribution in [2.24, 2.45) is 0 Å². The highest BCUT2D eigenvalue weighted by atomic mass is 79.9. The van der Waals surface area contributed by atoms with Crippen LogP contribution in [0.25, 0.3) is 0 Å². The fourth-order valence-electron chi connectivity index (χ4n) is 1.31. The highest BCUT2D eigenvalue weighted by molar-refractivity contribution is 9.10. The maximum absolute atomic E-state index is 12.1. The first kappa shape index (κ1) is 11.3. The van der Waals surface area contributed by atoms with Crippen LogP contribution in [-0.4, -0.2) is 10.8 Å². The van der Waals surface area contributed by atoms with Crippen molar-refractivity contribution < 1.29 is 4.79 Å². The average Bonchev–Trinajstić information content (AvgIpc) is 2.30. The molecule has 1 aromatic heterocycles. The van der Waals surface area contributed by atoms with E-state index in [-0.39, 0.29) is 5.78 Å². The third-order valence-corrected chi connectivity index (χ3v) is 3.02. The van der Waals surface area contributed by atoms with Gasteiger partial charge < -0.3 is 0 Å². The molecule has 2 rings (SSSR count). The smallest absolute Gasteiger partial charge is 0.195 e. The number of hydrogen-bond acceptors (Lipinski definition) is 2. The molecule has 2 aromatic rings. The van der Waals surface area contributed by atoms with Crippen LogP contribution in [0.3, 0.4) is 0 Å². The second-order valence-electron chi connectivity index (χ2n) is 3.18. The summed E-state index contributed by atoms with van der Waals surface area (Å²) in [5.74, 6) is -0.0726. The van der Waals surface area contributed by atoms with E-state index in [1.807, 2.05) is 18.2 Å². The Kier molecular flexibility index (Phi) is 3.36. The molecule has 1 aromatic carbocycles. The monoisotopic (exact) mass is 295 g/mol. The van der Waals surface area contributed by atoms with E-state index in [4.69, 9.17) is 11.6 Å². The quantitative estimate of drug-likeness (QED) is 0.624. The Labute approximate surface area is 106 Å². The van der Waals surface area contributed by atoms with Gasteiger partial charge in [0.05, 0.1) is 0 Å². The van der Waals surface area contributed by atoms with Gasteiger partial charge in [-0.1, -0.05) is 39.7 Å². The molecule has 0 aliphatic carbocycles. The van der Waals surface area contributed by atoms with E-state index in [1.165, 1.54) is 6.20 Å². The third kappa shape index (κ3) is 2.31. The molecule has 0 aliphatic heterocycles. The van der Waals surface area contributed by atoms with Crippen molar-refractivity contribution in [1.82, 2.24) is 4.98 Å². The number of halogens is 2. The van der Waals surface area contributed by atoms with Crippen LogP contribution >= 0.6 is 27.5 Å². The van der Waals surface area contributed by atoms with Gasteiger partial charge in [0, 0.05) is 21.8 Å². The lowest BCUT2D eigenvalue weighted by atomic mass is 10.1. The summed E-state index contributed by atoms with van der Waals surface area (Å²) in [4.78, 5) is 16.0. The van der Waals surface area contributed by atoms with Crippen LogP contribution in [0.2, 0.25) is 5.15 Å². The molecule has 16 heavy (non-hydrogen) atoms. The van der Waals surface area contributed by atoms with Crippen molar-refractivity contribution in [3.8, 4) is 0 Å². The van der Waals surface area contributed by atoms with Gasteiger partial charge >= 0.3 is 0 Å². The summed E-state index contributed by atoms with van der Waals surface area (Å²) < 4.78 is 0.773. The topological polar surface area (TPSA) is 30.0 Å². The molecule has 0 unspecified atom stereocenters. The van der Waals surface area contributed by atoms with Crippen LogP contribution < -0.4 is 0 Å². The lowest BCUT2D eigenvalue weighted by molar-refractivity contribution is 0.103. The zero-order valence-corrected chi connectivity index (χ0v) is 10.5. The van der Waals surface area contributed by atoms with Crippen molar-refractivity contribution in [2.45, 2.75) is 0 Å². The van der Waals surface area contributed by atoms with Crippen LogP contribution in [0.15, 0.2) is 47.1 Å². The van der Waals surface area contributed by atoms with E-state index < -0.39 is 0 Å². The molecule has 0 spiro atoms. The maximum atomic E-state index is 12.1. The Morgan fingerprint density at radius 1 is 1.19 bits per heavy atom. The fourth-order valence-corrected chi connectivity index (χ4v) is 1.89.